The molecule has 0 nitrogen and oxygen atoms in total. The van der Waals surface area contributed by atoms with Crippen molar-refractivity contribution in [3.8, 4) is 0 Å². The van der Waals surface area contributed by atoms with Crippen LogP contribution in [-0.2, 0) is 0 Å². The van der Waals surface area contributed by atoms with Gasteiger partial charge < -0.3 is 0 Å². The molecule has 0 heteroatoms. The Labute approximate surface area is 87.0 Å². The zero-order valence-electron chi connectivity index (χ0n) is 8.60. The van der Waals surface area contributed by atoms with Gasteiger partial charge in [-0.25, -0.2) is 0 Å². The first-order chi connectivity index (χ1) is 7.00. The number of hydrogen-bond acceptors (Lipinski definition) is 0. The first-order valence-corrected chi connectivity index (χ1v) is 5.30. The molecule has 1 aliphatic carbocycles. The maximum Gasteiger partial charge on any atom is -0.0163 e. The summed E-state index contributed by atoms with van der Waals surface area (Å²) in [6, 6.07) is 0. The van der Waals surface area contributed by atoms with E-state index in [9.17, 15) is 0 Å². The van der Waals surface area contributed by atoms with Crippen LogP contribution in [0.25, 0.3) is 0 Å². The molecule has 0 fully saturated rings. The molecule has 0 aliphatic heterocycles. The first kappa shape index (κ1) is 10.8. The lowest BCUT2D eigenvalue weighted by molar-refractivity contribution is 0.868. The van der Waals surface area contributed by atoms with E-state index in [0.29, 0.717) is 0 Å². The zero-order valence-corrected chi connectivity index (χ0v) is 8.60. The Morgan fingerprint density at radius 2 is 1.00 bits per heavy atom. The molecule has 14 heavy (non-hydrogen) atoms. The molecule has 0 aromatic heterocycles. The second-order valence-electron chi connectivity index (χ2n) is 3.26. The highest BCUT2D eigenvalue weighted by Gasteiger charge is 1.79. The number of hydrogen-bond donors (Lipinski definition) is 0. The van der Waals surface area contributed by atoms with Crippen molar-refractivity contribution in [3.63, 3.8) is 0 Å². The maximum absolute atomic E-state index is 2.23. The molecule has 0 aromatic carbocycles. The third-order valence-corrected chi connectivity index (χ3v) is 2.00. The fourth-order valence-corrected chi connectivity index (χ4v) is 1.22. The third kappa shape index (κ3) is 6.24. The highest BCUT2D eigenvalue weighted by atomic mass is 13.9. The van der Waals surface area contributed by atoms with Crippen molar-refractivity contribution < 1.29 is 0 Å². The minimum absolute atomic E-state index is 1.01. The van der Waals surface area contributed by atoms with Crippen molar-refractivity contribution in [2.75, 3.05) is 0 Å². The molecule has 0 radical (unpaired) electrons. The predicted octanol–water partition coefficient (Wildman–Crippen LogP) is 4.34. The van der Waals surface area contributed by atoms with Gasteiger partial charge in [-0.3, -0.25) is 0 Å². The normalized spacial score (nSPS) is 29.7. The van der Waals surface area contributed by atoms with Crippen molar-refractivity contribution in [2.24, 2.45) is 0 Å². The lowest BCUT2D eigenvalue weighted by Crippen LogP contribution is -1.68. The molecule has 0 bridgehead atoms. The smallest absolute Gasteiger partial charge is 0.0163 e. The molecule has 1 rings (SSSR count). The summed E-state index contributed by atoms with van der Waals surface area (Å²) in [5.74, 6) is 0. The van der Waals surface area contributed by atoms with Gasteiger partial charge in [-0.05, 0) is 25.7 Å². The molecular formula is C14H18. The fraction of sp³-hybridized carbons (Fsp3) is 0.286. The van der Waals surface area contributed by atoms with Crippen LogP contribution < -0.4 is 0 Å². The van der Waals surface area contributed by atoms with Gasteiger partial charge in [0, 0.05) is 0 Å². The van der Waals surface area contributed by atoms with Crippen LogP contribution in [0.4, 0.5) is 0 Å². The van der Waals surface area contributed by atoms with E-state index in [1.54, 1.807) is 0 Å². The highest BCUT2D eigenvalue weighted by molar-refractivity contribution is 5.13. The standard InChI is InChI=1S/C14H18/c1-2-4-6-8-10-12-14-13-11-9-7-5-3-1/h1-6,9,11,13-14H,7-8,10,12H2/b2-1+,5-3-,6-4+,11-9+,14-13+. The van der Waals surface area contributed by atoms with Crippen LogP contribution in [-0.4, -0.2) is 0 Å². The average Bonchev–Trinajstić information content (AvgIpc) is 2.22. The summed E-state index contributed by atoms with van der Waals surface area (Å²) in [5.41, 5.74) is 0. The second kappa shape index (κ2) is 8.31. The van der Waals surface area contributed by atoms with E-state index in [1.807, 2.05) is 0 Å². The summed E-state index contributed by atoms with van der Waals surface area (Å²) < 4.78 is 0. The van der Waals surface area contributed by atoms with Crippen molar-refractivity contribution in [2.45, 2.75) is 25.7 Å². The minimum Gasteiger partial charge on any atom is -0.0845 e. The molecule has 74 valence electrons. The molecule has 0 heterocycles. The van der Waals surface area contributed by atoms with Gasteiger partial charge in [0.2, 0.25) is 0 Å². The number of rotatable bonds is 0. The van der Waals surface area contributed by atoms with Gasteiger partial charge in [0.15, 0.2) is 0 Å². The van der Waals surface area contributed by atoms with E-state index in [4.69, 9.17) is 0 Å². The minimum atomic E-state index is 1.01. The Bertz CT molecular complexity index is 262. The molecule has 0 saturated heterocycles. The molecule has 0 saturated carbocycles. The van der Waals surface area contributed by atoms with Crippen molar-refractivity contribution in [1.29, 1.82) is 0 Å². The van der Waals surface area contributed by atoms with Gasteiger partial charge in [0.05, 0.1) is 0 Å². The van der Waals surface area contributed by atoms with E-state index >= 15 is 0 Å². The molecule has 0 spiro atoms. The van der Waals surface area contributed by atoms with Crippen LogP contribution in [0.15, 0.2) is 60.8 Å². The molecule has 1 aliphatic rings. The molecule has 0 amide bonds. The summed E-state index contributed by atoms with van der Waals surface area (Å²) in [6.45, 7) is 0. The van der Waals surface area contributed by atoms with Crippen molar-refractivity contribution in [1.82, 2.24) is 0 Å². The summed E-state index contributed by atoms with van der Waals surface area (Å²) in [4.78, 5) is 0. The molecular weight excluding hydrogens is 168 g/mol. The van der Waals surface area contributed by atoms with Gasteiger partial charge in [0.25, 0.3) is 0 Å². The van der Waals surface area contributed by atoms with Crippen LogP contribution in [0.3, 0.4) is 0 Å². The van der Waals surface area contributed by atoms with Gasteiger partial charge in [-0.1, -0.05) is 60.8 Å². The topological polar surface area (TPSA) is 0 Å². The Hall–Kier alpha value is -1.30. The fourth-order valence-electron chi connectivity index (χ4n) is 1.22. The third-order valence-electron chi connectivity index (χ3n) is 2.00. The van der Waals surface area contributed by atoms with Gasteiger partial charge >= 0.3 is 0 Å². The Morgan fingerprint density at radius 1 is 0.500 bits per heavy atom. The SMILES string of the molecule is C1=C\C/C=C/C=C/CCC/C=C/C=C/1. The largest absolute Gasteiger partial charge is 0.0845 e. The Balaban J connectivity index is 2.45. The van der Waals surface area contributed by atoms with E-state index in [0.717, 1.165) is 6.42 Å². The average molecular weight is 186 g/mol. The van der Waals surface area contributed by atoms with Crippen LogP contribution in [0.1, 0.15) is 25.7 Å². The molecule has 0 atom stereocenters. The van der Waals surface area contributed by atoms with Gasteiger partial charge in [-0.2, -0.15) is 0 Å². The number of allylic oxidation sites excluding steroid dienone is 10. The van der Waals surface area contributed by atoms with E-state index in [2.05, 4.69) is 60.8 Å². The van der Waals surface area contributed by atoms with E-state index in [1.165, 1.54) is 19.3 Å². The summed E-state index contributed by atoms with van der Waals surface area (Å²) in [5, 5.41) is 0. The second-order valence-corrected chi connectivity index (χ2v) is 3.26. The van der Waals surface area contributed by atoms with Crippen molar-refractivity contribution in [3.05, 3.63) is 60.8 Å². The van der Waals surface area contributed by atoms with Crippen LogP contribution in [0, 0.1) is 0 Å². The highest BCUT2D eigenvalue weighted by Crippen LogP contribution is 1.99. The first-order valence-electron chi connectivity index (χ1n) is 5.30. The summed E-state index contributed by atoms with van der Waals surface area (Å²) >= 11 is 0. The Morgan fingerprint density at radius 3 is 1.71 bits per heavy atom. The quantitative estimate of drug-likeness (QED) is 0.528. The lowest BCUT2D eigenvalue weighted by Gasteiger charge is -1.89. The van der Waals surface area contributed by atoms with E-state index in [-0.39, 0.29) is 0 Å². The molecule has 0 unspecified atom stereocenters. The van der Waals surface area contributed by atoms with Crippen molar-refractivity contribution >= 4 is 0 Å². The van der Waals surface area contributed by atoms with Gasteiger partial charge in [0.1, 0.15) is 0 Å². The summed E-state index contributed by atoms with van der Waals surface area (Å²) in [6.07, 6.45) is 26.0. The Kier molecular flexibility index (Phi) is 6.39. The molecule has 0 N–H and O–H groups in total. The van der Waals surface area contributed by atoms with Gasteiger partial charge in [-0.15, -0.1) is 0 Å². The lowest BCUT2D eigenvalue weighted by atomic mass is 10.2. The maximum atomic E-state index is 2.23. The van der Waals surface area contributed by atoms with E-state index < -0.39 is 0 Å². The predicted molar refractivity (Wildman–Crippen MR) is 64.2 cm³/mol. The molecule has 0 aromatic rings. The van der Waals surface area contributed by atoms with Crippen LogP contribution in [0.2, 0.25) is 0 Å². The zero-order chi connectivity index (χ0) is 9.90. The van der Waals surface area contributed by atoms with Crippen LogP contribution in [0.5, 0.6) is 0 Å². The monoisotopic (exact) mass is 186 g/mol. The van der Waals surface area contributed by atoms with Crippen LogP contribution >= 0.6 is 0 Å². The summed E-state index contributed by atoms with van der Waals surface area (Å²) in [7, 11) is 0.